The van der Waals surface area contributed by atoms with Gasteiger partial charge in [-0.1, -0.05) is 46.3 Å². The van der Waals surface area contributed by atoms with Crippen molar-refractivity contribution in [1.29, 1.82) is 0 Å². The van der Waals surface area contributed by atoms with Crippen LogP contribution in [0.3, 0.4) is 0 Å². The van der Waals surface area contributed by atoms with E-state index in [4.69, 9.17) is 9.47 Å². The summed E-state index contributed by atoms with van der Waals surface area (Å²) in [6.07, 6.45) is 1.05. The summed E-state index contributed by atoms with van der Waals surface area (Å²) >= 11 is 3.54. The number of nitrogens with zero attached hydrogens (tertiary/aromatic N) is 2. The number of ether oxygens (including phenoxy) is 2. The summed E-state index contributed by atoms with van der Waals surface area (Å²) in [6.45, 7) is 2.59. The van der Waals surface area contributed by atoms with Gasteiger partial charge in [-0.25, -0.2) is 4.68 Å². The van der Waals surface area contributed by atoms with Gasteiger partial charge >= 0.3 is 0 Å². The summed E-state index contributed by atoms with van der Waals surface area (Å²) in [4.78, 5) is 12.5. The Kier molecular flexibility index (Phi) is 6.84. The number of rotatable bonds is 8. The molecule has 1 heterocycles. The quantitative estimate of drug-likeness (QED) is 0.565. The lowest BCUT2D eigenvalue weighted by Gasteiger charge is -2.15. The van der Waals surface area contributed by atoms with Crippen LogP contribution in [0.4, 0.5) is 5.82 Å². The minimum Gasteiger partial charge on any atom is -0.497 e. The Hall–Kier alpha value is -2.64. The van der Waals surface area contributed by atoms with E-state index in [2.05, 4.69) is 26.3 Å². The molecule has 0 bridgehead atoms. The van der Waals surface area contributed by atoms with Gasteiger partial charge in [0, 0.05) is 10.5 Å². The Balaban J connectivity index is 1.58. The first-order valence-corrected chi connectivity index (χ1v) is 9.66. The summed E-state index contributed by atoms with van der Waals surface area (Å²) in [7, 11) is 1.62. The molecular weight excluding hydrogens is 422 g/mol. The summed E-state index contributed by atoms with van der Waals surface area (Å²) in [5.74, 6) is 1.16. The number of anilines is 1. The Labute approximate surface area is 172 Å². The first-order valence-electron chi connectivity index (χ1n) is 8.87. The molecular formula is C21H22BrN3O3. The van der Waals surface area contributed by atoms with E-state index in [9.17, 15) is 4.79 Å². The first kappa shape index (κ1) is 20.1. The maximum atomic E-state index is 12.5. The largest absolute Gasteiger partial charge is 0.497 e. The lowest BCUT2D eigenvalue weighted by molar-refractivity contribution is -0.127. The molecule has 0 saturated heterocycles. The van der Waals surface area contributed by atoms with E-state index in [1.165, 1.54) is 0 Å². The average Bonchev–Trinajstić information content (AvgIpc) is 3.14. The zero-order valence-electron chi connectivity index (χ0n) is 15.8. The van der Waals surface area contributed by atoms with E-state index >= 15 is 0 Å². The normalized spacial score (nSPS) is 11.8. The van der Waals surface area contributed by atoms with Crippen molar-refractivity contribution in [2.24, 2.45) is 0 Å². The van der Waals surface area contributed by atoms with Crippen LogP contribution in [0.15, 0.2) is 65.3 Å². The van der Waals surface area contributed by atoms with Crippen molar-refractivity contribution in [3.63, 3.8) is 0 Å². The van der Waals surface area contributed by atoms with Crippen molar-refractivity contribution >= 4 is 27.7 Å². The number of carbonyl (C=O) groups excluding carboxylic acids is 1. The number of amides is 1. The second kappa shape index (κ2) is 9.52. The SMILES string of the molecule is COc1cccc(COC(C)C(=O)Nc2ccnn2Cc2ccccc2Br)c1. The molecule has 2 aromatic carbocycles. The lowest BCUT2D eigenvalue weighted by atomic mass is 10.2. The van der Waals surface area contributed by atoms with E-state index in [1.807, 2.05) is 48.5 Å². The number of aromatic nitrogens is 2. The van der Waals surface area contributed by atoms with Gasteiger partial charge in [-0.05, 0) is 36.2 Å². The standard InChI is InChI=1S/C21H22BrN3O3/c1-15(28-14-16-6-5-8-18(12-16)27-2)21(26)24-20-10-11-23-25(20)13-17-7-3-4-9-19(17)22/h3-12,15H,13-14H2,1-2H3,(H,24,26). The fourth-order valence-corrected chi connectivity index (χ4v) is 3.05. The molecule has 1 amide bonds. The van der Waals surface area contributed by atoms with E-state index in [0.717, 1.165) is 21.3 Å². The van der Waals surface area contributed by atoms with Gasteiger partial charge in [0.25, 0.3) is 5.91 Å². The lowest BCUT2D eigenvalue weighted by Crippen LogP contribution is -2.28. The maximum absolute atomic E-state index is 12.5. The predicted molar refractivity (Wildman–Crippen MR) is 111 cm³/mol. The van der Waals surface area contributed by atoms with Gasteiger partial charge in [0.1, 0.15) is 17.7 Å². The molecule has 7 heteroatoms. The zero-order valence-corrected chi connectivity index (χ0v) is 17.3. The maximum Gasteiger partial charge on any atom is 0.254 e. The molecule has 0 aliphatic rings. The Morgan fingerprint density at radius 1 is 1.21 bits per heavy atom. The number of carbonyl (C=O) groups is 1. The van der Waals surface area contributed by atoms with Crippen LogP contribution < -0.4 is 10.1 Å². The Morgan fingerprint density at radius 2 is 2.04 bits per heavy atom. The molecule has 1 N–H and O–H groups in total. The highest BCUT2D eigenvalue weighted by Gasteiger charge is 2.16. The minimum atomic E-state index is -0.613. The number of hydrogen-bond acceptors (Lipinski definition) is 4. The van der Waals surface area contributed by atoms with Crippen LogP contribution in [0.2, 0.25) is 0 Å². The van der Waals surface area contributed by atoms with Crippen molar-refractivity contribution in [1.82, 2.24) is 9.78 Å². The molecule has 28 heavy (non-hydrogen) atoms. The molecule has 3 aromatic rings. The monoisotopic (exact) mass is 443 g/mol. The van der Waals surface area contributed by atoms with Crippen LogP contribution in [-0.2, 0) is 22.7 Å². The molecule has 1 atom stereocenters. The Bertz CT molecular complexity index is 942. The van der Waals surface area contributed by atoms with Crippen molar-refractivity contribution in [2.75, 3.05) is 12.4 Å². The average molecular weight is 444 g/mol. The van der Waals surface area contributed by atoms with Crippen LogP contribution in [0.25, 0.3) is 0 Å². The van der Waals surface area contributed by atoms with Gasteiger partial charge in [-0.3, -0.25) is 4.79 Å². The van der Waals surface area contributed by atoms with Crippen LogP contribution >= 0.6 is 15.9 Å². The van der Waals surface area contributed by atoms with Crippen molar-refractivity contribution in [2.45, 2.75) is 26.2 Å². The van der Waals surface area contributed by atoms with Gasteiger partial charge in [0.05, 0.1) is 26.5 Å². The Morgan fingerprint density at radius 3 is 2.82 bits per heavy atom. The molecule has 0 radical (unpaired) electrons. The second-order valence-electron chi connectivity index (χ2n) is 6.26. The third-order valence-corrected chi connectivity index (χ3v) is 5.02. The van der Waals surface area contributed by atoms with Gasteiger partial charge < -0.3 is 14.8 Å². The summed E-state index contributed by atoms with van der Waals surface area (Å²) in [5, 5.41) is 7.19. The number of methoxy groups -OCH3 is 1. The molecule has 0 fully saturated rings. The van der Waals surface area contributed by atoms with Crippen molar-refractivity contribution < 1.29 is 14.3 Å². The van der Waals surface area contributed by atoms with E-state index < -0.39 is 6.10 Å². The topological polar surface area (TPSA) is 65.4 Å². The summed E-state index contributed by atoms with van der Waals surface area (Å²) < 4.78 is 13.7. The molecule has 1 unspecified atom stereocenters. The molecule has 0 aliphatic heterocycles. The van der Waals surface area contributed by atoms with E-state index in [0.29, 0.717) is 19.0 Å². The van der Waals surface area contributed by atoms with Gasteiger partial charge in [0.2, 0.25) is 0 Å². The third-order valence-electron chi connectivity index (χ3n) is 4.25. The molecule has 146 valence electrons. The highest BCUT2D eigenvalue weighted by molar-refractivity contribution is 9.10. The zero-order chi connectivity index (χ0) is 19.9. The number of nitrogens with one attached hydrogen (secondary N) is 1. The highest BCUT2D eigenvalue weighted by Crippen LogP contribution is 2.19. The first-order chi connectivity index (χ1) is 13.6. The molecule has 0 spiro atoms. The highest BCUT2D eigenvalue weighted by atomic mass is 79.9. The van der Waals surface area contributed by atoms with E-state index in [-0.39, 0.29) is 5.91 Å². The molecule has 3 rings (SSSR count). The van der Waals surface area contributed by atoms with Crippen LogP contribution in [0, 0.1) is 0 Å². The molecule has 0 saturated carbocycles. The van der Waals surface area contributed by atoms with Crippen LogP contribution in [0.1, 0.15) is 18.1 Å². The van der Waals surface area contributed by atoms with Crippen molar-refractivity contribution in [3.8, 4) is 5.75 Å². The second-order valence-corrected chi connectivity index (χ2v) is 7.11. The molecule has 6 nitrogen and oxygen atoms in total. The van der Waals surface area contributed by atoms with E-state index in [1.54, 1.807) is 31.0 Å². The summed E-state index contributed by atoms with van der Waals surface area (Å²) in [5.41, 5.74) is 2.02. The van der Waals surface area contributed by atoms with Gasteiger partial charge in [-0.2, -0.15) is 5.10 Å². The molecule has 1 aromatic heterocycles. The third kappa shape index (κ3) is 5.21. The number of benzene rings is 2. The predicted octanol–water partition coefficient (Wildman–Crippen LogP) is 4.25. The molecule has 0 aliphatic carbocycles. The van der Waals surface area contributed by atoms with Crippen LogP contribution in [0.5, 0.6) is 5.75 Å². The number of halogens is 1. The van der Waals surface area contributed by atoms with Gasteiger partial charge in [-0.15, -0.1) is 0 Å². The minimum absolute atomic E-state index is 0.225. The van der Waals surface area contributed by atoms with Crippen LogP contribution in [-0.4, -0.2) is 28.9 Å². The van der Waals surface area contributed by atoms with Gasteiger partial charge in [0.15, 0.2) is 0 Å². The summed E-state index contributed by atoms with van der Waals surface area (Å²) in [6, 6.07) is 17.3. The fourth-order valence-electron chi connectivity index (χ4n) is 2.64. The van der Waals surface area contributed by atoms with Crippen molar-refractivity contribution in [3.05, 3.63) is 76.4 Å². The smallest absolute Gasteiger partial charge is 0.254 e. The number of hydrogen-bond donors (Lipinski definition) is 1. The fraction of sp³-hybridized carbons (Fsp3) is 0.238.